The molecule has 4 aromatic rings. The number of aliphatic hydroxyl groups excluding tert-OH is 1. The summed E-state index contributed by atoms with van der Waals surface area (Å²) in [6.07, 6.45) is 1.20. The third-order valence-corrected chi connectivity index (χ3v) is 13.3. The van der Waals surface area contributed by atoms with Gasteiger partial charge in [-0.15, -0.1) is 11.3 Å². The Morgan fingerprint density at radius 1 is 1.09 bits per heavy atom. The molecule has 2 saturated heterocycles. The predicted octanol–water partition coefficient (Wildman–Crippen LogP) is 3.15. The number of likely N-dealkylation sites (tertiary alicyclic amines) is 1. The monoisotopic (exact) mass is 859 g/mol. The van der Waals surface area contributed by atoms with Crippen LogP contribution in [0.2, 0.25) is 0 Å². The van der Waals surface area contributed by atoms with E-state index in [1.54, 1.807) is 6.07 Å². The highest BCUT2D eigenvalue weighted by Crippen LogP contribution is 2.33. The fourth-order valence-electron chi connectivity index (χ4n) is 6.51. The number of nitrogens with one attached hydrogen (secondary N) is 2. The minimum absolute atomic E-state index is 0.0206. The van der Waals surface area contributed by atoms with Crippen molar-refractivity contribution in [1.82, 2.24) is 25.1 Å². The van der Waals surface area contributed by atoms with E-state index in [4.69, 9.17) is 13.8 Å². The molecule has 16 nitrogen and oxygen atoms in total. The highest BCUT2D eigenvalue weighted by atomic mass is 32.2. The second-order valence-corrected chi connectivity index (χ2v) is 19.1. The molecule has 2 fully saturated rings. The molecule has 0 saturated carbocycles. The maximum absolute atomic E-state index is 14.7. The predicted molar refractivity (Wildman–Crippen MR) is 210 cm³/mol. The largest absolute Gasteiger partial charge is 0.506 e. The number of carbonyl (C=O) groups excluding carboxylic acids is 1. The number of benzene rings is 2. The molecular weight excluding hydrogens is 814 g/mol. The van der Waals surface area contributed by atoms with Crippen molar-refractivity contribution in [3.05, 3.63) is 78.6 Å². The summed E-state index contributed by atoms with van der Waals surface area (Å²) in [5.41, 5.74) is 2.69. The van der Waals surface area contributed by atoms with Crippen LogP contribution in [-0.2, 0) is 37.9 Å². The van der Waals surface area contributed by atoms with Crippen molar-refractivity contribution in [1.29, 1.82) is 0 Å². The first-order valence-electron chi connectivity index (χ1n) is 17.8. The molecule has 2 aliphatic rings. The van der Waals surface area contributed by atoms with Crippen LogP contribution >= 0.6 is 22.7 Å². The Kier molecular flexibility index (Phi) is 14.4. The van der Waals surface area contributed by atoms with E-state index in [0.29, 0.717) is 72.2 Å². The van der Waals surface area contributed by atoms with Crippen molar-refractivity contribution in [2.45, 2.75) is 57.3 Å². The van der Waals surface area contributed by atoms with Gasteiger partial charge < -0.3 is 30.2 Å². The molecule has 0 aliphatic carbocycles. The highest BCUT2D eigenvalue weighted by molar-refractivity contribution is 7.89. The van der Waals surface area contributed by atoms with E-state index in [1.165, 1.54) is 23.5 Å². The zero-order valence-electron chi connectivity index (χ0n) is 30.8. The van der Waals surface area contributed by atoms with Gasteiger partial charge in [-0.3, -0.25) is 23.6 Å². The Bertz CT molecular complexity index is 2240. The smallest absolute Gasteiger partial charge is 0.305 e. The number of ether oxygens (including phenoxy) is 1. The summed E-state index contributed by atoms with van der Waals surface area (Å²) in [7, 11) is -8.59. The van der Waals surface area contributed by atoms with Gasteiger partial charge in [-0.1, -0.05) is 43.4 Å². The maximum atomic E-state index is 14.7. The first-order chi connectivity index (χ1) is 26.3. The molecule has 0 radical (unpaired) electrons. The molecule has 6 N–H and O–H groups in total. The Hall–Kier alpha value is -3.38. The summed E-state index contributed by atoms with van der Waals surface area (Å²) < 4.78 is 76.9. The van der Waals surface area contributed by atoms with E-state index in [2.05, 4.69) is 34.0 Å². The average molecular weight is 860 g/mol. The number of aliphatic hydroxyl groups is 1. The lowest BCUT2D eigenvalue weighted by atomic mass is 9.89. The zero-order valence-corrected chi connectivity index (χ0v) is 34.1. The zero-order chi connectivity index (χ0) is 40.8. The van der Waals surface area contributed by atoms with Crippen molar-refractivity contribution >= 4 is 59.0 Å². The number of halogens is 1. The van der Waals surface area contributed by atoms with Crippen molar-refractivity contribution < 1.29 is 50.1 Å². The Morgan fingerprint density at radius 2 is 1.79 bits per heavy atom. The molecule has 1 amide bonds. The Balaban J connectivity index is 0.000000530. The molecule has 1 spiro atoms. The molecule has 21 heteroatoms. The molecule has 4 heterocycles. The quantitative estimate of drug-likeness (QED) is 0.0837. The van der Waals surface area contributed by atoms with Gasteiger partial charge in [0.2, 0.25) is 0 Å². The van der Waals surface area contributed by atoms with E-state index >= 15 is 0 Å². The van der Waals surface area contributed by atoms with Crippen molar-refractivity contribution in [3.8, 4) is 5.75 Å². The van der Waals surface area contributed by atoms with Crippen LogP contribution in [0.4, 0.5) is 4.39 Å². The van der Waals surface area contributed by atoms with Gasteiger partial charge in [-0.25, -0.2) is 9.37 Å². The number of amides is 1. The molecular formula is C35H46FN5O11S4. The number of H-pyrrole nitrogens is 1. The summed E-state index contributed by atoms with van der Waals surface area (Å²) in [5.74, 6) is -1.98. The molecule has 1 atom stereocenters. The number of rotatable bonds is 13. The minimum Gasteiger partial charge on any atom is -0.506 e. The molecule has 6 rings (SSSR count). The molecule has 0 bridgehead atoms. The van der Waals surface area contributed by atoms with Crippen LogP contribution in [0.3, 0.4) is 0 Å². The summed E-state index contributed by atoms with van der Waals surface area (Å²) in [6.45, 7) is 8.84. The van der Waals surface area contributed by atoms with E-state index in [1.807, 2.05) is 22.4 Å². The van der Waals surface area contributed by atoms with E-state index in [9.17, 15) is 41.0 Å². The Morgan fingerprint density at radius 3 is 2.43 bits per heavy atom. The SMILES string of the molecule is CC(C)c1nc(C(=O)N2CCOC3(CCN(Cc4ccc(F)c(CCNC[C@H](O)c5ccc(O)c6[nH]c(=O)sc56)c4)CC3)C2)cs1.O=S(=O)(O)CCS(=O)(=O)O. The van der Waals surface area contributed by atoms with Crippen LogP contribution in [0.25, 0.3) is 10.2 Å². The van der Waals surface area contributed by atoms with Crippen molar-refractivity contribution in [2.24, 2.45) is 0 Å². The number of hydrogen-bond donors (Lipinski definition) is 6. The number of morpholine rings is 1. The van der Waals surface area contributed by atoms with Gasteiger partial charge in [0.1, 0.15) is 22.8 Å². The minimum atomic E-state index is -4.30. The molecule has 2 aliphatic heterocycles. The van der Waals surface area contributed by atoms with Gasteiger partial charge in [-0.2, -0.15) is 16.8 Å². The first kappa shape index (κ1) is 43.7. The summed E-state index contributed by atoms with van der Waals surface area (Å²) in [4.78, 5) is 36.1. The normalized spacial score (nSPS) is 16.9. The van der Waals surface area contributed by atoms with E-state index < -0.39 is 37.8 Å². The number of aromatic nitrogens is 2. The second-order valence-electron chi connectivity index (χ2n) is 14.1. The molecule has 308 valence electrons. The van der Waals surface area contributed by atoms with Gasteiger partial charge in [0.25, 0.3) is 26.1 Å². The first-order valence-corrected chi connectivity index (χ1v) is 22.7. The highest BCUT2D eigenvalue weighted by Gasteiger charge is 2.41. The van der Waals surface area contributed by atoms with Gasteiger partial charge in [-0.05, 0) is 49.1 Å². The topological polar surface area (TPSA) is 240 Å². The van der Waals surface area contributed by atoms with Gasteiger partial charge in [0.05, 0.1) is 46.1 Å². The van der Waals surface area contributed by atoms with Gasteiger partial charge in [0, 0.05) is 49.6 Å². The number of nitrogens with zero attached hydrogens (tertiary/aromatic N) is 3. The van der Waals surface area contributed by atoms with Gasteiger partial charge in [0.15, 0.2) is 0 Å². The fourth-order valence-corrected chi connectivity index (χ4v) is 9.92. The lowest BCUT2D eigenvalue weighted by Crippen LogP contribution is -2.58. The number of fused-ring (bicyclic) bond motifs is 1. The van der Waals surface area contributed by atoms with Crippen LogP contribution in [0.15, 0.2) is 40.5 Å². The number of phenolic OH excluding ortho intramolecular Hbond substituents is 1. The number of piperidine rings is 1. The van der Waals surface area contributed by atoms with Crippen LogP contribution in [0.5, 0.6) is 5.75 Å². The number of carbonyl (C=O) groups is 1. The summed E-state index contributed by atoms with van der Waals surface area (Å²) >= 11 is 2.48. The number of aromatic hydroxyl groups is 1. The maximum Gasteiger partial charge on any atom is 0.305 e. The standard InChI is InChI=1S/C33H40FN5O5S2.C2H6O6S2/c1-20(2)30-36-25(18-45-30)31(42)39-13-14-44-33(19-39)8-11-38(12-9-33)17-21-3-5-24(34)22(15-21)7-10-35-16-27(41)23-4-6-26(40)28-29(23)46-32(43)37-28;3-9(4,5)1-2-10(6,7)8/h3-6,15,18,20,27,35,40-41H,7-14,16-17,19H2,1-2H3,(H,37,43);1-2H2,(H,3,4,5)(H,6,7,8)/t27-;/m0./s1. The molecule has 2 aromatic carbocycles. The third kappa shape index (κ3) is 12.1. The van der Waals surface area contributed by atoms with Crippen LogP contribution in [-0.4, -0.2) is 125 Å². The van der Waals surface area contributed by atoms with Gasteiger partial charge >= 0.3 is 4.87 Å². The Labute approximate surface area is 331 Å². The summed E-state index contributed by atoms with van der Waals surface area (Å²) in [6, 6.07) is 8.32. The summed E-state index contributed by atoms with van der Waals surface area (Å²) in [5, 5.41) is 26.8. The lowest BCUT2D eigenvalue weighted by molar-refractivity contribution is -0.128. The second kappa shape index (κ2) is 18.5. The number of hydrogen-bond acceptors (Lipinski definition) is 14. The van der Waals surface area contributed by atoms with Crippen molar-refractivity contribution in [3.63, 3.8) is 0 Å². The number of phenols is 1. The molecule has 0 unspecified atom stereocenters. The van der Waals surface area contributed by atoms with Crippen LogP contribution < -0.4 is 10.2 Å². The number of thiazole rings is 2. The fraction of sp³-hybridized carbons (Fsp3) is 0.514. The lowest BCUT2D eigenvalue weighted by Gasteiger charge is -2.47. The molecule has 56 heavy (non-hydrogen) atoms. The number of aromatic amines is 1. The van der Waals surface area contributed by atoms with Crippen molar-refractivity contribution in [2.75, 3.05) is 57.4 Å². The third-order valence-electron chi connectivity index (χ3n) is 9.51. The average Bonchev–Trinajstić information content (AvgIpc) is 3.79. The van der Waals surface area contributed by atoms with E-state index in [-0.39, 0.29) is 34.5 Å². The van der Waals surface area contributed by atoms with Crippen LogP contribution in [0.1, 0.15) is 70.9 Å². The van der Waals surface area contributed by atoms with Crippen LogP contribution in [0, 0.1) is 5.82 Å². The molecule has 2 aromatic heterocycles. The van der Waals surface area contributed by atoms with E-state index in [0.717, 1.165) is 47.8 Å².